The highest BCUT2D eigenvalue weighted by Gasteiger charge is 1.99. The molecule has 0 unspecified atom stereocenters. The van der Waals surface area contributed by atoms with Crippen LogP contribution in [0.4, 0.5) is 0 Å². The van der Waals surface area contributed by atoms with Crippen LogP contribution in [-0.4, -0.2) is 0 Å². The highest BCUT2D eigenvalue weighted by atomic mass is 14.0. The Morgan fingerprint density at radius 1 is 0.824 bits per heavy atom. The standard InChI is InChI=1S/C17H13/c1-13-5-4-8-15(11-13)17-10-9-14-6-2-3-7-16(14)12-17/h2-11H,1H3. The monoisotopic (exact) mass is 217 g/mol. The third kappa shape index (κ3) is 1.94. The Bertz CT molecular complexity index is 665. The Labute approximate surface area is 102 Å². The molecule has 0 N–H and O–H groups in total. The largest absolute Gasteiger partial charge is 0.0616 e. The van der Waals surface area contributed by atoms with E-state index in [1.807, 2.05) is 0 Å². The van der Waals surface area contributed by atoms with Crippen molar-refractivity contribution in [2.75, 3.05) is 0 Å². The zero-order chi connectivity index (χ0) is 11.7. The molecular formula is C17H13. The highest BCUT2D eigenvalue weighted by molar-refractivity contribution is 5.86. The van der Waals surface area contributed by atoms with Gasteiger partial charge < -0.3 is 0 Å². The van der Waals surface area contributed by atoms with Crippen molar-refractivity contribution in [1.29, 1.82) is 0 Å². The van der Waals surface area contributed by atoms with E-state index in [0.29, 0.717) is 0 Å². The maximum Gasteiger partial charge on any atom is -0.00143 e. The summed E-state index contributed by atoms with van der Waals surface area (Å²) in [5, 5.41) is 2.41. The van der Waals surface area contributed by atoms with Gasteiger partial charge in [0.15, 0.2) is 0 Å². The van der Waals surface area contributed by atoms with Gasteiger partial charge in [-0.1, -0.05) is 66.2 Å². The fourth-order valence-electron chi connectivity index (χ4n) is 2.10. The SMILES string of the molecule is Cc1cccc(-c2[c]c3ccccc3cc2)c1. The molecule has 0 spiro atoms. The van der Waals surface area contributed by atoms with E-state index < -0.39 is 0 Å². The van der Waals surface area contributed by atoms with Gasteiger partial charge in [-0.3, -0.25) is 0 Å². The Morgan fingerprint density at radius 2 is 1.71 bits per heavy atom. The first-order valence-corrected chi connectivity index (χ1v) is 5.81. The van der Waals surface area contributed by atoms with E-state index >= 15 is 0 Å². The lowest BCUT2D eigenvalue weighted by atomic mass is 10.0. The normalized spacial score (nSPS) is 10.6. The number of benzene rings is 3. The van der Waals surface area contributed by atoms with Crippen molar-refractivity contribution in [3.8, 4) is 11.1 Å². The molecule has 0 amide bonds. The first kappa shape index (κ1) is 10.1. The Balaban J connectivity index is 2.18. The second kappa shape index (κ2) is 4.06. The number of aryl methyl sites for hydroxylation is 1. The lowest BCUT2D eigenvalue weighted by Gasteiger charge is -2.04. The molecule has 0 saturated carbocycles. The number of fused-ring (bicyclic) bond motifs is 1. The molecule has 0 heteroatoms. The van der Waals surface area contributed by atoms with E-state index in [4.69, 9.17) is 0 Å². The van der Waals surface area contributed by atoms with E-state index in [1.54, 1.807) is 0 Å². The van der Waals surface area contributed by atoms with E-state index in [9.17, 15) is 0 Å². The molecule has 3 rings (SSSR count). The third-order valence-corrected chi connectivity index (χ3v) is 2.99. The lowest BCUT2D eigenvalue weighted by molar-refractivity contribution is 1.47. The van der Waals surface area contributed by atoms with Crippen molar-refractivity contribution in [2.45, 2.75) is 6.92 Å². The van der Waals surface area contributed by atoms with Gasteiger partial charge in [-0.05, 0) is 34.9 Å². The molecule has 1 radical (unpaired) electrons. The van der Waals surface area contributed by atoms with E-state index in [1.165, 1.54) is 21.9 Å². The molecule has 0 aromatic heterocycles. The summed E-state index contributed by atoms with van der Waals surface area (Å²) in [5.74, 6) is 0. The fraction of sp³-hybridized carbons (Fsp3) is 0.0588. The van der Waals surface area contributed by atoms with Gasteiger partial charge in [-0.2, -0.15) is 0 Å². The highest BCUT2D eigenvalue weighted by Crippen LogP contribution is 2.24. The van der Waals surface area contributed by atoms with Crippen LogP contribution in [0.5, 0.6) is 0 Å². The summed E-state index contributed by atoms with van der Waals surface area (Å²) in [6.07, 6.45) is 0. The average Bonchev–Trinajstić information content (AvgIpc) is 2.38. The minimum atomic E-state index is 1.16. The molecule has 0 fully saturated rings. The van der Waals surface area contributed by atoms with E-state index in [-0.39, 0.29) is 0 Å². The first-order valence-electron chi connectivity index (χ1n) is 5.81. The molecular weight excluding hydrogens is 204 g/mol. The summed E-state index contributed by atoms with van der Waals surface area (Å²) in [7, 11) is 0. The van der Waals surface area contributed by atoms with Crippen molar-refractivity contribution in [3.05, 3.63) is 72.3 Å². The number of hydrogen-bond donors (Lipinski definition) is 0. The maximum atomic E-state index is 3.47. The van der Waals surface area contributed by atoms with Gasteiger partial charge in [0.2, 0.25) is 0 Å². The van der Waals surface area contributed by atoms with Crippen molar-refractivity contribution >= 4 is 10.8 Å². The summed E-state index contributed by atoms with van der Waals surface area (Å²) >= 11 is 0. The van der Waals surface area contributed by atoms with Crippen LogP contribution in [0.3, 0.4) is 0 Å². The minimum absolute atomic E-state index is 1.16. The molecule has 17 heavy (non-hydrogen) atoms. The van der Waals surface area contributed by atoms with Crippen LogP contribution in [-0.2, 0) is 0 Å². The van der Waals surface area contributed by atoms with Gasteiger partial charge >= 0.3 is 0 Å². The van der Waals surface area contributed by atoms with Crippen LogP contribution in [0, 0.1) is 13.0 Å². The summed E-state index contributed by atoms with van der Waals surface area (Å²) in [5.41, 5.74) is 3.67. The zero-order valence-electron chi connectivity index (χ0n) is 9.77. The minimum Gasteiger partial charge on any atom is -0.0616 e. The predicted molar refractivity (Wildman–Crippen MR) is 73.0 cm³/mol. The second-order valence-electron chi connectivity index (χ2n) is 4.33. The summed E-state index contributed by atoms with van der Waals surface area (Å²) in [6, 6.07) is 24.6. The van der Waals surface area contributed by atoms with E-state index in [0.717, 1.165) is 5.56 Å². The van der Waals surface area contributed by atoms with Crippen LogP contribution >= 0.6 is 0 Å². The average molecular weight is 217 g/mol. The molecule has 81 valence electrons. The third-order valence-electron chi connectivity index (χ3n) is 2.99. The predicted octanol–water partition coefficient (Wildman–Crippen LogP) is 4.62. The van der Waals surface area contributed by atoms with Crippen molar-refractivity contribution < 1.29 is 0 Å². The smallest absolute Gasteiger partial charge is 0.00143 e. The maximum absolute atomic E-state index is 3.47. The second-order valence-corrected chi connectivity index (χ2v) is 4.33. The quantitative estimate of drug-likeness (QED) is 0.558. The van der Waals surface area contributed by atoms with Gasteiger partial charge in [0.05, 0.1) is 0 Å². The molecule has 3 aromatic rings. The Hall–Kier alpha value is -2.08. The van der Waals surface area contributed by atoms with Crippen LogP contribution in [0.1, 0.15) is 5.56 Å². The summed E-state index contributed by atoms with van der Waals surface area (Å²) in [6.45, 7) is 2.12. The van der Waals surface area contributed by atoms with Crippen molar-refractivity contribution in [1.82, 2.24) is 0 Å². The Morgan fingerprint density at radius 3 is 2.59 bits per heavy atom. The van der Waals surface area contributed by atoms with Gasteiger partial charge in [-0.15, -0.1) is 0 Å². The van der Waals surface area contributed by atoms with E-state index in [2.05, 4.69) is 73.7 Å². The molecule has 0 nitrogen and oxygen atoms in total. The van der Waals surface area contributed by atoms with Crippen LogP contribution < -0.4 is 0 Å². The van der Waals surface area contributed by atoms with Gasteiger partial charge in [0.25, 0.3) is 0 Å². The molecule has 0 aliphatic rings. The summed E-state index contributed by atoms with van der Waals surface area (Å²) in [4.78, 5) is 0. The lowest BCUT2D eigenvalue weighted by Crippen LogP contribution is -1.80. The molecule has 0 bridgehead atoms. The molecule has 0 saturated heterocycles. The van der Waals surface area contributed by atoms with Crippen LogP contribution in [0.15, 0.2) is 60.7 Å². The fourth-order valence-corrected chi connectivity index (χ4v) is 2.10. The van der Waals surface area contributed by atoms with Crippen molar-refractivity contribution in [3.63, 3.8) is 0 Å². The molecule has 0 aliphatic carbocycles. The van der Waals surface area contributed by atoms with Crippen molar-refractivity contribution in [2.24, 2.45) is 0 Å². The Kier molecular flexibility index (Phi) is 2.41. The first-order chi connectivity index (χ1) is 8.33. The molecule has 0 aliphatic heterocycles. The zero-order valence-corrected chi connectivity index (χ0v) is 9.77. The number of hydrogen-bond acceptors (Lipinski definition) is 0. The molecule has 0 heterocycles. The molecule has 0 atom stereocenters. The van der Waals surface area contributed by atoms with Gasteiger partial charge in [-0.25, -0.2) is 0 Å². The number of rotatable bonds is 1. The van der Waals surface area contributed by atoms with Gasteiger partial charge in [0, 0.05) is 0 Å². The van der Waals surface area contributed by atoms with Gasteiger partial charge in [0.1, 0.15) is 0 Å². The molecule has 3 aromatic carbocycles. The van der Waals surface area contributed by atoms with Crippen LogP contribution in [0.25, 0.3) is 21.9 Å². The van der Waals surface area contributed by atoms with Crippen LogP contribution in [0.2, 0.25) is 0 Å². The topological polar surface area (TPSA) is 0 Å². The summed E-state index contributed by atoms with van der Waals surface area (Å²) < 4.78 is 0.